The summed E-state index contributed by atoms with van der Waals surface area (Å²) in [5, 5.41) is 0. The zero-order chi connectivity index (χ0) is 15.7. The molecule has 1 aromatic carbocycles. The predicted octanol–water partition coefficient (Wildman–Crippen LogP) is 3.54. The average molecular weight is 295 g/mol. The monoisotopic (exact) mass is 295 g/mol. The molecule has 1 saturated carbocycles. The molecule has 2 nitrogen and oxygen atoms in total. The van der Waals surface area contributed by atoms with Crippen molar-refractivity contribution in [2.75, 3.05) is 19.6 Å². The maximum atomic E-state index is 6.14. The quantitative estimate of drug-likeness (QED) is 0.563. The van der Waals surface area contributed by atoms with E-state index in [1.807, 2.05) is 0 Å². The minimum absolute atomic E-state index is 0.333. The van der Waals surface area contributed by atoms with Crippen molar-refractivity contribution in [3.8, 4) is 5.75 Å². The molecular formula is C19H26BNO. The van der Waals surface area contributed by atoms with E-state index >= 15 is 0 Å². The van der Waals surface area contributed by atoms with E-state index in [2.05, 4.69) is 43.5 Å². The predicted molar refractivity (Wildman–Crippen MR) is 92.8 cm³/mol. The van der Waals surface area contributed by atoms with Gasteiger partial charge in [0.25, 0.3) is 0 Å². The van der Waals surface area contributed by atoms with Gasteiger partial charge in [-0.2, -0.15) is 0 Å². The van der Waals surface area contributed by atoms with Crippen molar-refractivity contribution in [1.82, 2.24) is 4.90 Å². The third kappa shape index (κ3) is 3.25. The van der Waals surface area contributed by atoms with Crippen LogP contribution < -0.4 is 4.74 Å². The standard InChI is InChI=1S/C19H26BNO/c1-14(2)19(7-8-19)13-21-11-17(12-21)22-18-5-4-16(6-9-20)10-15(18)3/h4-5,10,17H,1,6-9,11-13H2,2-3H3. The fourth-order valence-corrected chi connectivity index (χ4v) is 3.37. The summed E-state index contributed by atoms with van der Waals surface area (Å²) in [5.41, 5.74) is 4.28. The first-order valence-electron chi connectivity index (χ1n) is 8.37. The van der Waals surface area contributed by atoms with E-state index < -0.39 is 0 Å². The second-order valence-electron chi connectivity index (χ2n) is 7.13. The molecule has 0 unspecified atom stereocenters. The summed E-state index contributed by atoms with van der Waals surface area (Å²) >= 11 is 0. The van der Waals surface area contributed by atoms with Gasteiger partial charge in [-0.05, 0) is 50.3 Å². The number of hydrogen-bond donors (Lipinski definition) is 0. The molecule has 2 aliphatic rings. The lowest BCUT2D eigenvalue weighted by molar-refractivity contribution is 0.0102. The topological polar surface area (TPSA) is 12.5 Å². The van der Waals surface area contributed by atoms with E-state index in [0.717, 1.165) is 31.8 Å². The highest BCUT2D eigenvalue weighted by molar-refractivity contribution is 6.08. The third-order valence-electron chi connectivity index (χ3n) is 5.17. The van der Waals surface area contributed by atoms with Crippen molar-refractivity contribution < 1.29 is 4.74 Å². The Hall–Kier alpha value is -1.22. The smallest absolute Gasteiger partial charge is 0.124 e. The number of rotatable bonds is 7. The number of likely N-dealkylation sites (tertiary alicyclic amines) is 1. The number of aryl methyl sites for hydroxylation is 2. The zero-order valence-electron chi connectivity index (χ0n) is 13.9. The summed E-state index contributed by atoms with van der Waals surface area (Å²) in [5.74, 6) is 1.02. The lowest BCUT2D eigenvalue weighted by atomic mass is 9.96. The minimum atomic E-state index is 0.333. The van der Waals surface area contributed by atoms with Crippen LogP contribution >= 0.6 is 0 Å². The molecule has 1 aromatic rings. The van der Waals surface area contributed by atoms with E-state index in [1.165, 1.54) is 29.5 Å². The molecule has 0 atom stereocenters. The summed E-state index contributed by atoms with van der Waals surface area (Å²) in [4.78, 5) is 2.50. The number of hydrogen-bond acceptors (Lipinski definition) is 2. The van der Waals surface area contributed by atoms with Gasteiger partial charge >= 0.3 is 0 Å². The molecule has 0 aromatic heterocycles. The summed E-state index contributed by atoms with van der Waals surface area (Å²) in [6.45, 7) is 11.7. The molecule has 3 heteroatoms. The van der Waals surface area contributed by atoms with E-state index in [0.29, 0.717) is 17.8 Å². The fraction of sp³-hybridized carbons (Fsp3) is 0.579. The van der Waals surface area contributed by atoms with E-state index in [-0.39, 0.29) is 0 Å². The minimum Gasteiger partial charge on any atom is -0.487 e. The Labute approximate surface area is 135 Å². The Bertz CT molecular complexity index is 559. The molecule has 1 heterocycles. The molecule has 1 saturated heterocycles. The number of benzene rings is 1. The van der Waals surface area contributed by atoms with Crippen LogP contribution in [0, 0.1) is 12.3 Å². The summed E-state index contributed by atoms with van der Waals surface area (Å²) in [7, 11) is 5.61. The van der Waals surface area contributed by atoms with Crippen LogP contribution in [0.4, 0.5) is 0 Å². The van der Waals surface area contributed by atoms with E-state index in [1.54, 1.807) is 0 Å². The molecule has 3 rings (SSSR count). The molecule has 0 bridgehead atoms. The van der Waals surface area contributed by atoms with Crippen LogP contribution in [0.5, 0.6) is 5.75 Å². The molecule has 116 valence electrons. The normalized spacial score (nSPS) is 20.5. The van der Waals surface area contributed by atoms with Gasteiger partial charge < -0.3 is 4.74 Å². The number of ether oxygens (including phenoxy) is 1. The molecule has 0 amide bonds. The number of nitrogens with zero attached hydrogens (tertiary/aromatic N) is 1. The Balaban J connectivity index is 1.49. The van der Waals surface area contributed by atoms with E-state index in [4.69, 9.17) is 12.6 Å². The van der Waals surface area contributed by atoms with Crippen LogP contribution in [-0.4, -0.2) is 38.5 Å². The van der Waals surface area contributed by atoms with Crippen LogP contribution in [0.3, 0.4) is 0 Å². The first-order chi connectivity index (χ1) is 10.5. The van der Waals surface area contributed by atoms with Gasteiger partial charge in [-0.1, -0.05) is 30.6 Å². The molecule has 1 aliphatic heterocycles. The second-order valence-corrected chi connectivity index (χ2v) is 7.13. The summed E-state index contributed by atoms with van der Waals surface area (Å²) in [6.07, 6.45) is 4.58. The Morgan fingerprint density at radius 3 is 2.68 bits per heavy atom. The van der Waals surface area contributed by atoms with E-state index in [9.17, 15) is 0 Å². The maximum absolute atomic E-state index is 6.14. The lowest BCUT2D eigenvalue weighted by Crippen LogP contribution is -2.55. The largest absolute Gasteiger partial charge is 0.487 e. The van der Waals surface area contributed by atoms with Crippen LogP contribution in [0.2, 0.25) is 6.32 Å². The van der Waals surface area contributed by atoms with Crippen molar-refractivity contribution in [3.05, 3.63) is 41.5 Å². The Kier molecular flexibility index (Phi) is 4.36. The molecule has 0 spiro atoms. The lowest BCUT2D eigenvalue weighted by Gasteiger charge is -2.41. The van der Waals surface area contributed by atoms with Crippen molar-refractivity contribution in [2.24, 2.45) is 5.41 Å². The molecule has 2 radical (unpaired) electrons. The van der Waals surface area contributed by atoms with Gasteiger partial charge in [-0.15, -0.1) is 0 Å². The highest BCUT2D eigenvalue weighted by Crippen LogP contribution is 2.52. The van der Waals surface area contributed by atoms with Crippen LogP contribution in [-0.2, 0) is 6.42 Å². The van der Waals surface area contributed by atoms with Gasteiger partial charge in [0.2, 0.25) is 0 Å². The first kappa shape index (κ1) is 15.7. The molecule has 0 N–H and O–H groups in total. The zero-order valence-corrected chi connectivity index (χ0v) is 13.9. The maximum Gasteiger partial charge on any atom is 0.124 e. The van der Waals surface area contributed by atoms with Gasteiger partial charge in [-0.3, -0.25) is 4.90 Å². The Morgan fingerprint density at radius 1 is 1.41 bits per heavy atom. The second kappa shape index (κ2) is 6.12. The van der Waals surface area contributed by atoms with Crippen LogP contribution in [0.1, 0.15) is 30.9 Å². The van der Waals surface area contributed by atoms with Gasteiger partial charge in [0.05, 0.1) is 7.85 Å². The van der Waals surface area contributed by atoms with Gasteiger partial charge in [0.15, 0.2) is 0 Å². The highest BCUT2D eigenvalue weighted by atomic mass is 16.5. The third-order valence-corrected chi connectivity index (χ3v) is 5.17. The van der Waals surface area contributed by atoms with Crippen LogP contribution in [0.15, 0.2) is 30.4 Å². The van der Waals surface area contributed by atoms with Crippen LogP contribution in [0.25, 0.3) is 0 Å². The van der Waals surface area contributed by atoms with Crippen molar-refractivity contribution in [1.29, 1.82) is 0 Å². The summed E-state index contributed by atoms with van der Waals surface area (Å²) in [6, 6.07) is 6.42. The van der Waals surface area contributed by atoms with Crippen molar-refractivity contribution >= 4 is 7.85 Å². The first-order valence-corrected chi connectivity index (χ1v) is 8.37. The van der Waals surface area contributed by atoms with Gasteiger partial charge in [0.1, 0.15) is 11.9 Å². The van der Waals surface area contributed by atoms with Crippen molar-refractivity contribution in [2.45, 2.75) is 45.5 Å². The molecular weight excluding hydrogens is 269 g/mol. The van der Waals surface area contributed by atoms with Crippen molar-refractivity contribution in [3.63, 3.8) is 0 Å². The molecule has 1 aliphatic carbocycles. The summed E-state index contributed by atoms with van der Waals surface area (Å²) < 4.78 is 6.14. The Morgan fingerprint density at radius 2 is 2.14 bits per heavy atom. The van der Waals surface area contributed by atoms with Gasteiger partial charge in [0, 0.05) is 25.0 Å². The molecule has 22 heavy (non-hydrogen) atoms. The highest BCUT2D eigenvalue weighted by Gasteiger charge is 2.46. The fourth-order valence-electron chi connectivity index (χ4n) is 3.37. The van der Waals surface area contributed by atoms with Gasteiger partial charge in [-0.25, -0.2) is 0 Å². The SMILES string of the molecule is [B]CCc1ccc(OC2CN(CC3(C(=C)C)CC3)C2)c(C)c1. The average Bonchev–Trinajstić information content (AvgIpc) is 3.20. The molecule has 2 fully saturated rings.